The van der Waals surface area contributed by atoms with Crippen LogP contribution in [0.4, 0.5) is 5.82 Å². The van der Waals surface area contributed by atoms with Crippen molar-refractivity contribution in [2.24, 2.45) is 0 Å². The number of hydrogen-bond donors (Lipinski definition) is 4. The van der Waals surface area contributed by atoms with E-state index in [1.54, 1.807) is 0 Å². The molecule has 1 aromatic carbocycles. The molecule has 0 radical (unpaired) electrons. The molecule has 4 rings (SSSR count). The number of halogens is 1. The van der Waals surface area contributed by atoms with Gasteiger partial charge in [-0.2, -0.15) is 9.97 Å². The molecule has 1 fully saturated rings. The number of aliphatic hydroxyl groups excluding tert-OH is 3. The van der Waals surface area contributed by atoms with Gasteiger partial charge in [-0.05, 0) is 17.2 Å². The van der Waals surface area contributed by atoms with Crippen molar-refractivity contribution in [1.82, 2.24) is 19.5 Å². The summed E-state index contributed by atoms with van der Waals surface area (Å²) >= 11 is 6.02. The van der Waals surface area contributed by atoms with Crippen molar-refractivity contribution in [3.8, 4) is 0 Å². The van der Waals surface area contributed by atoms with E-state index in [-0.39, 0.29) is 16.7 Å². The molecular formula is C17H18ClN5O5. The van der Waals surface area contributed by atoms with Gasteiger partial charge in [0.15, 0.2) is 23.2 Å². The molecule has 2 aromatic heterocycles. The predicted molar refractivity (Wildman–Crippen MR) is 98.2 cm³/mol. The maximum Gasteiger partial charge on any atom is 0.226 e. The molecule has 3 aromatic rings. The van der Waals surface area contributed by atoms with E-state index in [0.717, 1.165) is 5.56 Å². The number of benzene rings is 1. The van der Waals surface area contributed by atoms with E-state index in [9.17, 15) is 15.3 Å². The fourth-order valence-corrected chi connectivity index (χ4v) is 3.18. The first kappa shape index (κ1) is 19.0. The van der Waals surface area contributed by atoms with Crippen LogP contribution in [-0.4, -0.2) is 59.8 Å². The van der Waals surface area contributed by atoms with Crippen LogP contribution in [0.15, 0.2) is 36.7 Å². The average Bonchev–Trinajstić information content (AvgIpc) is 3.24. The molecule has 148 valence electrons. The highest BCUT2D eigenvalue weighted by Crippen LogP contribution is 2.32. The van der Waals surface area contributed by atoms with Crippen molar-refractivity contribution in [3.63, 3.8) is 0 Å². The molecule has 0 spiro atoms. The van der Waals surface area contributed by atoms with E-state index >= 15 is 0 Å². The molecule has 11 heteroatoms. The number of ether oxygens (including phenoxy) is 1. The highest BCUT2D eigenvalue weighted by molar-refractivity contribution is 6.28. The summed E-state index contributed by atoms with van der Waals surface area (Å²) in [4.78, 5) is 17.9. The van der Waals surface area contributed by atoms with Gasteiger partial charge in [-0.1, -0.05) is 30.3 Å². The molecule has 1 aliphatic rings. The number of fused-ring (bicyclic) bond motifs is 1. The quantitative estimate of drug-likeness (QED) is 0.343. The van der Waals surface area contributed by atoms with Crippen LogP contribution >= 0.6 is 11.6 Å². The van der Waals surface area contributed by atoms with Crippen LogP contribution < -0.4 is 5.48 Å². The zero-order valence-corrected chi connectivity index (χ0v) is 15.3. The van der Waals surface area contributed by atoms with Crippen molar-refractivity contribution in [1.29, 1.82) is 0 Å². The largest absolute Gasteiger partial charge is 0.394 e. The molecule has 28 heavy (non-hydrogen) atoms. The number of aromatic nitrogens is 4. The summed E-state index contributed by atoms with van der Waals surface area (Å²) in [7, 11) is 0. The van der Waals surface area contributed by atoms with E-state index in [2.05, 4.69) is 20.4 Å². The normalized spacial score (nSPS) is 24.7. The molecule has 4 N–H and O–H groups in total. The molecular weight excluding hydrogens is 390 g/mol. The zero-order chi connectivity index (χ0) is 19.7. The lowest BCUT2D eigenvalue weighted by molar-refractivity contribution is -0.0511. The van der Waals surface area contributed by atoms with E-state index in [0.29, 0.717) is 12.1 Å². The summed E-state index contributed by atoms with van der Waals surface area (Å²) in [5.41, 5.74) is 4.30. The smallest absolute Gasteiger partial charge is 0.226 e. The van der Waals surface area contributed by atoms with Gasteiger partial charge in [-0.15, -0.1) is 0 Å². The maximum absolute atomic E-state index is 10.2. The lowest BCUT2D eigenvalue weighted by atomic mass is 10.1. The molecule has 0 aliphatic carbocycles. The average molecular weight is 408 g/mol. The van der Waals surface area contributed by atoms with Crippen LogP contribution in [0.3, 0.4) is 0 Å². The van der Waals surface area contributed by atoms with E-state index in [1.807, 2.05) is 30.3 Å². The first-order valence-electron chi connectivity index (χ1n) is 8.52. The Balaban J connectivity index is 1.58. The Kier molecular flexibility index (Phi) is 5.40. The third kappa shape index (κ3) is 3.53. The summed E-state index contributed by atoms with van der Waals surface area (Å²) in [5.74, 6) is 0.247. The number of nitrogens with one attached hydrogen (secondary N) is 1. The van der Waals surface area contributed by atoms with Crippen molar-refractivity contribution < 1.29 is 24.9 Å². The second-order valence-electron chi connectivity index (χ2n) is 6.27. The summed E-state index contributed by atoms with van der Waals surface area (Å²) in [6.45, 7) is -0.142. The SMILES string of the molecule is OCC1OC(n2cnc3c(NOCc4ccccc4)nc(Cl)nc32)C(O)C1O. The van der Waals surface area contributed by atoms with Crippen molar-refractivity contribution in [2.45, 2.75) is 31.1 Å². The maximum atomic E-state index is 10.2. The van der Waals surface area contributed by atoms with Gasteiger partial charge in [0.05, 0.1) is 19.5 Å². The lowest BCUT2D eigenvalue weighted by Gasteiger charge is -2.16. The Hall–Kier alpha value is -2.34. The van der Waals surface area contributed by atoms with Crippen LogP contribution in [0.25, 0.3) is 11.2 Å². The van der Waals surface area contributed by atoms with Crippen LogP contribution in [0, 0.1) is 0 Å². The van der Waals surface area contributed by atoms with Crippen molar-refractivity contribution in [3.05, 3.63) is 47.5 Å². The van der Waals surface area contributed by atoms with E-state index in [1.165, 1.54) is 10.9 Å². The van der Waals surface area contributed by atoms with Crippen LogP contribution in [0.2, 0.25) is 5.28 Å². The van der Waals surface area contributed by atoms with Gasteiger partial charge < -0.3 is 20.1 Å². The number of anilines is 1. The first-order valence-corrected chi connectivity index (χ1v) is 8.90. The first-order chi connectivity index (χ1) is 13.6. The minimum Gasteiger partial charge on any atom is -0.394 e. The zero-order valence-electron chi connectivity index (χ0n) is 14.5. The molecule has 3 heterocycles. The molecule has 0 saturated carbocycles. The molecule has 1 saturated heterocycles. The topological polar surface area (TPSA) is 135 Å². The number of nitrogens with zero attached hydrogens (tertiary/aromatic N) is 4. The summed E-state index contributed by atoms with van der Waals surface area (Å²) in [6, 6.07) is 9.55. The molecule has 4 unspecified atom stereocenters. The van der Waals surface area contributed by atoms with Crippen LogP contribution in [-0.2, 0) is 16.2 Å². The van der Waals surface area contributed by atoms with Gasteiger partial charge in [0.25, 0.3) is 0 Å². The Morgan fingerprint density at radius 2 is 1.96 bits per heavy atom. The predicted octanol–water partition coefficient (Wildman–Crippen LogP) is 0.635. The fraction of sp³-hybridized carbons (Fsp3) is 0.353. The van der Waals surface area contributed by atoms with E-state index in [4.69, 9.17) is 21.2 Å². The number of rotatable bonds is 6. The van der Waals surface area contributed by atoms with Crippen LogP contribution in [0.1, 0.15) is 11.8 Å². The third-order valence-electron chi connectivity index (χ3n) is 4.44. The van der Waals surface area contributed by atoms with Gasteiger partial charge in [0.1, 0.15) is 18.3 Å². The van der Waals surface area contributed by atoms with E-state index < -0.39 is 31.1 Å². The highest BCUT2D eigenvalue weighted by Gasteiger charge is 2.44. The number of hydrogen-bond acceptors (Lipinski definition) is 9. The summed E-state index contributed by atoms with van der Waals surface area (Å²) in [5, 5.41) is 29.4. The molecule has 10 nitrogen and oxygen atoms in total. The van der Waals surface area contributed by atoms with Gasteiger partial charge in [0, 0.05) is 0 Å². The van der Waals surface area contributed by atoms with Crippen molar-refractivity contribution >= 4 is 28.6 Å². The standard InChI is InChI=1S/C17H18ClN5O5/c18-17-20-14(22-27-7-9-4-2-1-3-5-9)11-15(21-17)23(8-19-11)16-13(26)12(25)10(6-24)28-16/h1-5,8,10,12-13,16,24-26H,6-7H2,(H,20,21,22). The highest BCUT2D eigenvalue weighted by atomic mass is 35.5. The Labute approximate surface area is 164 Å². The van der Waals surface area contributed by atoms with Gasteiger partial charge in [-0.25, -0.2) is 10.5 Å². The summed E-state index contributed by atoms with van der Waals surface area (Å²) < 4.78 is 6.95. The molecule has 0 bridgehead atoms. The molecule has 1 aliphatic heterocycles. The number of imidazole rings is 1. The fourth-order valence-electron chi connectivity index (χ4n) is 3.02. The monoisotopic (exact) mass is 407 g/mol. The second kappa shape index (κ2) is 7.95. The third-order valence-corrected chi connectivity index (χ3v) is 4.60. The van der Waals surface area contributed by atoms with Gasteiger partial charge in [0.2, 0.25) is 5.28 Å². The molecule has 0 amide bonds. The summed E-state index contributed by atoms with van der Waals surface area (Å²) in [6.07, 6.45) is -3.02. The van der Waals surface area contributed by atoms with Crippen molar-refractivity contribution in [2.75, 3.05) is 12.1 Å². The minimum atomic E-state index is -1.27. The second-order valence-corrected chi connectivity index (χ2v) is 6.61. The van der Waals surface area contributed by atoms with Crippen LogP contribution in [0.5, 0.6) is 0 Å². The Morgan fingerprint density at radius 1 is 1.18 bits per heavy atom. The Bertz CT molecular complexity index is 956. The molecule has 4 atom stereocenters. The lowest BCUT2D eigenvalue weighted by Crippen LogP contribution is -2.33. The van der Waals surface area contributed by atoms with Gasteiger partial charge >= 0.3 is 0 Å². The number of aliphatic hydroxyl groups is 3. The minimum absolute atomic E-state index is 0.0631. The Morgan fingerprint density at radius 3 is 2.68 bits per heavy atom. The van der Waals surface area contributed by atoms with Gasteiger partial charge in [-0.3, -0.25) is 9.40 Å².